The van der Waals surface area contributed by atoms with Gasteiger partial charge < -0.3 is 5.73 Å². The van der Waals surface area contributed by atoms with Gasteiger partial charge in [0, 0.05) is 0 Å². The molecule has 1 aromatic carbocycles. The van der Waals surface area contributed by atoms with Crippen LogP contribution in [-0.4, -0.2) is 6.67 Å². The van der Waals surface area contributed by atoms with Crippen LogP contribution in [0.5, 0.6) is 0 Å². The van der Waals surface area contributed by atoms with E-state index in [0.717, 1.165) is 12.1 Å². The molecule has 0 unspecified atom stereocenters. The first-order valence-electron chi connectivity index (χ1n) is 3.41. The van der Waals surface area contributed by atoms with Crippen LogP contribution >= 0.6 is 0 Å². The fourth-order valence-corrected chi connectivity index (χ4v) is 0.832. The molecule has 1 rings (SSSR count). The number of hydrogen-bond donors (Lipinski definition) is 1. The molecule has 1 nitrogen and oxygen atoms in total. The van der Waals surface area contributed by atoms with E-state index in [1.165, 1.54) is 6.07 Å². The van der Waals surface area contributed by atoms with Crippen LogP contribution < -0.4 is 5.73 Å². The van der Waals surface area contributed by atoms with Crippen molar-refractivity contribution in [1.29, 1.82) is 0 Å². The van der Waals surface area contributed by atoms with Gasteiger partial charge in [-0.1, -0.05) is 6.07 Å². The third-order valence-electron chi connectivity index (χ3n) is 1.54. The van der Waals surface area contributed by atoms with Crippen LogP contribution in [0.3, 0.4) is 0 Å². The van der Waals surface area contributed by atoms with Crippen molar-refractivity contribution in [3.05, 3.63) is 35.4 Å². The van der Waals surface area contributed by atoms with Crippen molar-refractivity contribution in [2.24, 2.45) is 5.73 Å². The van der Waals surface area contributed by atoms with Crippen molar-refractivity contribution in [1.82, 2.24) is 0 Å². The summed E-state index contributed by atoms with van der Waals surface area (Å²) in [5.74, 6) is -1.96. The molecule has 1 atom stereocenters. The lowest BCUT2D eigenvalue weighted by atomic mass is 10.1. The molecule has 4 heteroatoms. The number of benzene rings is 1. The molecular formula is C8H8F3N. The molecule has 0 heterocycles. The summed E-state index contributed by atoms with van der Waals surface area (Å²) in [6.07, 6.45) is 0. The highest BCUT2D eigenvalue weighted by Crippen LogP contribution is 2.14. The molecule has 0 spiro atoms. The van der Waals surface area contributed by atoms with Gasteiger partial charge in [0.15, 0.2) is 11.6 Å². The molecule has 2 N–H and O–H groups in total. The first-order valence-corrected chi connectivity index (χ1v) is 3.41. The minimum Gasteiger partial charge on any atom is -0.322 e. The molecule has 12 heavy (non-hydrogen) atoms. The van der Waals surface area contributed by atoms with Crippen molar-refractivity contribution < 1.29 is 13.2 Å². The van der Waals surface area contributed by atoms with Crippen molar-refractivity contribution >= 4 is 0 Å². The molecule has 0 aromatic heterocycles. The first-order chi connectivity index (χ1) is 5.65. The van der Waals surface area contributed by atoms with Crippen LogP contribution in [0.1, 0.15) is 11.6 Å². The second kappa shape index (κ2) is 3.58. The molecule has 0 saturated heterocycles. The summed E-state index contributed by atoms with van der Waals surface area (Å²) in [5.41, 5.74) is 5.51. The summed E-state index contributed by atoms with van der Waals surface area (Å²) in [5, 5.41) is 0. The van der Waals surface area contributed by atoms with Crippen LogP contribution in [0.2, 0.25) is 0 Å². The van der Waals surface area contributed by atoms with Gasteiger partial charge in [-0.25, -0.2) is 13.2 Å². The van der Waals surface area contributed by atoms with Gasteiger partial charge >= 0.3 is 0 Å². The minimum atomic E-state index is -1.00. The zero-order chi connectivity index (χ0) is 9.14. The molecule has 66 valence electrons. The highest BCUT2D eigenvalue weighted by atomic mass is 19.2. The van der Waals surface area contributed by atoms with E-state index in [2.05, 4.69) is 0 Å². The van der Waals surface area contributed by atoms with Crippen molar-refractivity contribution in [3.8, 4) is 0 Å². The number of rotatable bonds is 2. The fraction of sp³-hybridized carbons (Fsp3) is 0.250. The van der Waals surface area contributed by atoms with Gasteiger partial charge in [-0.3, -0.25) is 0 Å². The third kappa shape index (κ3) is 1.76. The molecule has 0 aliphatic carbocycles. The number of hydrogen-bond acceptors (Lipinski definition) is 1. The third-order valence-corrected chi connectivity index (χ3v) is 1.54. The lowest BCUT2D eigenvalue weighted by Crippen LogP contribution is -2.12. The second-order valence-corrected chi connectivity index (χ2v) is 2.43. The zero-order valence-corrected chi connectivity index (χ0v) is 6.23. The predicted octanol–water partition coefficient (Wildman–Crippen LogP) is 1.93. The molecule has 1 aromatic rings. The van der Waals surface area contributed by atoms with Gasteiger partial charge in [0.05, 0.1) is 6.04 Å². The first kappa shape index (κ1) is 9.06. The normalized spacial score (nSPS) is 13.0. The highest BCUT2D eigenvalue weighted by Gasteiger charge is 2.08. The predicted molar refractivity (Wildman–Crippen MR) is 39.3 cm³/mol. The fourth-order valence-electron chi connectivity index (χ4n) is 0.832. The number of nitrogens with two attached hydrogens (primary N) is 1. The summed E-state index contributed by atoms with van der Waals surface area (Å²) in [6, 6.07) is 2.22. The number of alkyl halides is 1. The van der Waals surface area contributed by atoms with E-state index in [1.54, 1.807) is 0 Å². The Hall–Kier alpha value is -1.03. The Kier molecular flexibility index (Phi) is 2.70. The quantitative estimate of drug-likeness (QED) is 0.730. The molecular weight excluding hydrogens is 167 g/mol. The van der Waals surface area contributed by atoms with E-state index in [1.807, 2.05) is 0 Å². The zero-order valence-electron chi connectivity index (χ0n) is 6.23. The van der Waals surface area contributed by atoms with E-state index in [-0.39, 0.29) is 5.56 Å². The van der Waals surface area contributed by atoms with Gasteiger partial charge in [0.1, 0.15) is 6.67 Å². The van der Waals surface area contributed by atoms with Crippen molar-refractivity contribution in [2.45, 2.75) is 6.04 Å². The monoisotopic (exact) mass is 175 g/mol. The highest BCUT2D eigenvalue weighted by molar-refractivity contribution is 5.20. The van der Waals surface area contributed by atoms with Crippen molar-refractivity contribution in [3.63, 3.8) is 0 Å². The lowest BCUT2D eigenvalue weighted by molar-refractivity contribution is 0.434. The topological polar surface area (TPSA) is 26.0 Å². The smallest absolute Gasteiger partial charge is 0.159 e. The van der Waals surface area contributed by atoms with Crippen LogP contribution in [0.15, 0.2) is 18.2 Å². The Morgan fingerprint density at radius 3 is 2.42 bits per heavy atom. The maximum absolute atomic E-state index is 12.5. The van der Waals surface area contributed by atoms with Crippen LogP contribution in [0.25, 0.3) is 0 Å². The molecule has 0 fully saturated rings. The molecule has 0 saturated carbocycles. The van der Waals surface area contributed by atoms with Gasteiger partial charge in [-0.15, -0.1) is 0 Å². The summed E-state index contributed by atoms with van der Waals surface area (Å²) in [4.78, 5) is 0. The molecule has 0 aliphatic rings. The Morgan fingerprint density at radius 2 is 1.92 bits per heavy atom. The van der Waals surface area contributed by atoms with Crippen LogP contribution in [-0.2, 0) is 0 Å². The summed E-state index contributed by atoms with van der Waals surface area (Å²) >= 11 is 0. The summed E-state index contributed by atoms with van der Waals surface area (Å²) in [7, 11) is 0. The molecule has 0 radical (unpaired) electrons. The average Bonchev–Trinajstić information content (AvgIpc) is 2.08. The van der Waals surface area contributed by atoms with Gasteiger partial charge in [-0.2, -0.15) is 0 Å². The van der Waals surface area contributed by atoms with E-state index in [4.69, 9.17) is 5.73 Å². The van der Waals surface area contributed by atoms with Crippen molar-refractivity contribution in [2.75, 3.05) is 6.67 Å². The summed E-state index contributed by atoms with van der Waals surface area (Å²) < 4.78 is 36.8. The van der Waals surface area contributed by atoms with E-state index < -0.39 is 24.4 Å². The van der Waals surface area contributed by atoms with E-state index in [9.17, 15) is 13.2 Å². The number of halogens is 3. The Morgan fingerprint density at radius 1 is 1.25 bits per heavy atom. The Balaban J connectivity index is 2.96. The van der Waals surface area contributed by atoms with Crippen LogP contribution in [0, 0.1) is 11.6 Å². The largest absolute Gasteiger partial charge is 0.322 e. The van der Waals surface area contributed by atoms with Gasteiger partial charge in [-0.05, 0) is 17.7 Å². The second-order valence-electron chi connectivity index (χ2n) is 2.43. The maximum atomic E-state index is 12.5. The van der Waals surface area contributed by atoms with Gasteiger partial charge in [0.2, 0.25) is 0 Å². The molecule has 0 amide bonds. The van der Waals surface area contributed by atoms with Gasteiger partial charge in [0.25, 0.3) is 0 Å². The maximum Gasteiger partial charge on any atom is 0.159 e. The Labute approximate surface area is 68.0 Å². The van der Waals surface area contributed by atoms with E-state index >= 15 is 0 Å². The SMILES string of the molecule is N[C@H](CF)c1ccc(F)c(F)c1. The Bertz CT molecular complexity index is 275. The lowest BCUT2D eigenvalue weighted by Gasteiger charge is -2.06. The minimum absolute atomic E-state index is 0.261. The van der Waals surface area contributed by atoms with E-state index in [0.29, 0.717) is 0 Å². The van der Waals surface area contributed by atoms with Crippen LogP contribution in [0.4, 0.5) is 13.2 Å². The average molecular weight is 175 g/mol. The molecule has 0 aliphatic heterocycles. The summed E-state index contributed by atoms with van der Waals surface area (Å²) in [6.45, 7) is -0.787. The standard InChI is InChI=1S/C8H8F3N/c9-4-8(12)5-1-2-6(10)7(11)3-5/h1-3,8H,4,12H2/t8-/m1/s1. The molecule has 0 bridgehead atoms.